The molecule has 0 fully saturated rings. The predicted molar refractivity (Wildman–Crippen MR) is 48.1 cm³/mol. The number of hydrogen-bond donors (Lipinski definition) is 2. The summed E-state index contributed by atoms with van der Waals surface area (Å²) in [4.78, 5) is 10.6. The van der Waals surface area contributed by atoms with Crippen LogP contribution in [0.5, 0.6) is 0 Å². The van der Waals surface area contributed by atoms with Gasteiger partial charge in [0, 0.05) is 0 Å². The van der Waals surface area contributed by atoms with Gasteiger partial charge in [-0.2, -0.15) is 0 Å². The normalized spacial score (nSPS) is 11.6. The number of primary sulfonamides is 1. The molecule has 0 spiro atoms. The molecule has 0 bridgehead atoms. The maximum atomic E-state index is 11.1. The van der Waals surface area contributed by atoms with Crippen molar-refractivity contribution < 1.29 is 17.6 Å². The van der Waals surface area contributed by atoms with E-state index in [4.69, 9.17) is 15.3 Å². The Balaban J connectivity index is 3.65. The average Bonchev–Trinajstić information content (AvgIpc) is 2.23. The molecule has 1 aromatic heterocycles. The fraction of sp³-hybridized carbons (Fsp3) is 0.286. The van der Waals surface area contributed by atoms with Crippen molar-refractivity contribution >= 4 is 15.9 Å². The molecule has 78 valence electrons. The van der Waals surface area contributed by atoms with E-state index < -0.39 is 15.9 Å². The summed E-state index contributed by atoms with van der Waals surface area (Å²) >= 11 is 0. The van der Waals surface area contributed by atoms with Crippen LogP contribution in [0.3, 0.4) is 0 Å². The molecule has 14 heavy (non-hydrogen) atoms. The van der Waals surface area contributed by atoms with Crippen molar-refractivity contribution in [1.29, 1.82) is 0 Å². The number of carbonyl (C=O) groups excluding carboxylic acids is 1. The van der Waals surface area contributed by atoms with Gasteiger partial charge < -0.3 is 10.2 Å². The molecule has 1 rings (SSSR count). The SMILES string of the molecule is Cc1oc(C)c(S(N)(=O)=O)c1C(N)=O. The van der Waals surface area contributed by atoms with Gasteiger partial charge >= 0.3 is 0 Å². The average molecular weight is 218 g/mol. The number of rotatable bonds is 2. The minimum Gasteiger partial charge on any atom is -0.464 e. The van der Waals surface area contributed by atoms with Crippen LogP contribution in [0.25, 0.3) is 0 Å². The van der Waals surface area contributed by atoms with Crippen LogP contribution in [0, 0.1) is 13.8 Å². The van der Waals surface area contributed by atoms with Gasteiger partial charge in [-0.1, -0.05) is 0 Å². The molecular formula is C7H10N2O4S. The van der Waals surface area contributed by atoms with Crippen LogP contribution in [0.15, 0.2) is 9.31 Å². The molecule has 0 atom stereocenters. The fourth-order valence-corrected chi connectivity index (χ4v) is 2.26. The molecule has 0 saturated heterocycles. The van der Waals surface area contributed by atoms with Crippen molar-refractivity contribution in [3.63, 3.8) is 0 Å². The Morgan fingerprint density at radius 1 is 1.29 bits per heavy atom. The van der Waals surface area contributed by atoms with Crippen molar-refractivity contribution in [3.05, 3.63) is 17.1 Å². The van der Waals surface area contributed by atoms with Gasteiger partial charge in [0.15, 0.2) is 0 Å². The maximum Gasteiger partial charge on any atom is 0.253 e. The van der Waals surface area contributed by atoms with E-state index >= 15 is 0 Å². The maximum absolute atomic E-state index is 11.1. The standard InChI is InChI=1S/C7H10N2O4S/c1-3-5(7(8)10)6(4(2)13-3)14(9,11)12/h1-2H3,(H2,8,10)(H2,9,11,12). The van der Waals surface area contributed by atoms with Gasteiger partial charge in [-0.15, -0.1) is 0 Å². The molecule has 0 aliphatic carbocycles. The van der Waals surface area contributed by atoms with Crippen LogP contribution in [-0.4, -0.2) is 14.3 Å². The van der Waals surface area contributed by atoms with Crippen LogP contribution >= 0.6 is 0 Å². The summed E-state index contributed by atoms with van der Waals surface area (Å²) in [5.41, 5.74) is 4.83. The van der Waals surface area contributed by atoms with Crippen molar-refractivity contribution in [2.45, 2.75) is 18.7 Å². The van der Waals surface area contributed by atoms with Gasteiger partial charge in [0.25, 0.3) is 5.91 Å². The summed E-state index contributed by atoms with van der Waals surface area (Å²) in [6.45, 7) is 2.85. The van der Waals surface area contributed by atoms with E-state index in [0.717, 1.165) is 0 Å². The van der Waals surface area contributed by atoms with Gasteiger partial charge in [0.1, 0.15) is 22.0 Å². The quantitative estimate of drug-likeness (QED) is 0.705. The molecule has 7 heteroatoms. The van der Waals surface area contributed by atoms with E-state index in [1.807, 2.05) is 0 Å². The summed E-state index contributed by atoms with van der Waals surface area (Å²) < 4.78 is 27.2. The van der Waals surface area contributed by atoms with Crippen LogP contribution in [0.2, 0.25) is 0 Å². The fourth-order valence-electron chi connectivity index (χ4n) is 1.29. The van der Waals surface area contributed by atoms with Gasteiger partial charge in [0.05, 0.1) is 0 Å². The second kappa shape index (κ2) is 3.10. The molecule has 6 nitrogen and oxygen atoms in total. The predicted octanol–water partition coefficient (Wildman–Crippen LogP) is -0.357. The topological polar surface area (TPSA) is 116 Å². The number of amides is 1. The third-order valence-electron chi connectivity index (χ3n) is 1.74. The summed E-state index contributed by atoms with van der Waals surface area (Å²) in [7, 11) is -3.98. The van der Waals surface area contributed by atoms with Crippen LogP contribution in [-0.2, 0) is 10.0 Å². The van der Waals surface area contributed by atoms with Crippen molar-refractivity contribution in [3.8, 4) is 0 Å². The molecule has 1 aromatic rings. The second-order valence-electron chi connectivity index (χ2n) is 2.83. The molecule has 0 unspecified atom stereocenters. The lowest BCUT2D eigenvalue weighted by molar-refractivity contribution is 0.0996. The highest BCUT2D eigenvalue weighted by molar-refractivity contribution is 7.89. The molecule has 0 saturated carbocycles. The number of sulfonamides is 1. The third-order valence-corrected chi connectivity index (χ3v) is 2.80. The lowest BCUT2D eigenvalue weighted by Gasteiger charge is -1.97. The lowest BCUT2D eigenvalue weighted by Crippen LogP contribution is -2.20. The van der Waals surface area contributed by atoms with E-state index in [-0.39, 0.29) is 22.0 Å². The first kappa shape index (κ1) is 10.7. The van der Waals surface area contributed by atoms with E-state index in [9.17, 15) is 13.2 Å². The molecule has 0 aliphatic heterocycles. The lowest BCUT2D eigenvalue weighted by atomic mass is 10.2. The first-order valence-corrected chi connectivity index (χ1v) is 5.22. The summed E-state index contributed by atoms with van der Waals surface area (Å²) in [6.07, 6.45) is 0. The monoisotopic (exact) mass is 218 g/mol. The van der Waals surface area contributed by atoms with Crippen molar-refractivity contribution in [2.75, 3.05) is 0 Å². The summed E-state index contributed by atoms with van der Waals surface area (Å²) in [5.74, 6) is -0.652. The zero-order valence-electron chi connectivity index (χ0n) is 7.70. The molecule has 4 N–H and O–H groups in total. The number of hydrogen-bond acceptors (Lipinski definition) is 4. The molecule has 1 amide bonds. The molecule has 0 aliphatic rings. The van der Waals surface area contributed by atoms with Crippen LogP contribution in [0.4, 0.5) is 0 Å². The number of furan rings is 1. The van der Waals surface area contributed by atoms with Crippen molar-refractivity contribution in [1.82, 2.24) is 0 Å². The Morgan fingerprint density at radius 2 is 1.79 bits per heavy atom. The number of aryl methyl sites for hydroxylation is 2. The Bertz CT molecular complexity index is 486. The van der Waals surface area contributed by atoms with E-state index in [1.165, 1.54) is 13.8 Å². The first-order chi connectivity index (χ1) is 6.25. The zero-order chi connectivity index (χ0) is 11.1. The Labute approximate surface area is 80.9 Å². The zero-order valence-corrected chi connectivity index (χ0v) is 8.51. The smallest absolute Gasteiger partial charge is 0.253 e. The van der Waals surface area contributed by atoms with Gasteiger partial charge in [0.2, 0.25) is 10.0 Å². The van der Waals surface area contributed by atoms with Crippen molar-refractivity contribution in [2.24, 2.45) is 10.9 Å². The minimum atomic E-state index is -3.98. The molecule has 0 radical (unpaired) electrons. The molecule has 0 aromatic carbocycles. The Morgan fingerprint density at radius 3 is 2.07 bits per heavy atom. The third kappa shape index (κ3) is 1.64. The highest BCUT2D eigenvalue weighted by Crippen LogP contribution is 2.24. The first-order valence-electron chi connectivity index (χ1n) is 3.67. The highest BCUT2D eigenvalue weighted by atomic mass is 32.2. The van der Waals surface area contributed by atoms with Crippen LogP contribution in [0.1, 0.15) is 21.9 Å². The molecular weight excluding hydrogens is 208 g/mol. The number of primary amides is 1. The van der Waals surface area contributed by atoms with E-state index in [2.05, 4.69) is 0 Å². The van der Waals surface area contributed by atoms with E-state index in [1.54, 1.807) is 0 Å². The summed E-state index contributed by atoms with van der Waals surface area (Å²) in [5, 5.41) is 4.91. The van der Waals surface area contributed by atoms with E-state index in [0.29, 0.717) is 0 Å². The summed E-state index contributed by atoms with van der Waals surface area (Å²) in [6, 6.07) is 0. The van der Waals surface area contributed by atoms with Gasteiger partial charge in [-0.3, -0.25) is 4.79 Å². The molecule has 1 heterocycles. The van der Waals surface area contributed by atoms with Gasteiger partial charge in [-0.05, 0) is 13.8 Å². The number of carbonyl (C=O) groups is 1. The minimum absolute atomic E-state index is 0.0683. The largest absolute Gasteiger partial charge is 0.464 e. The van der Waals surface area contributed by atoms with Crippen LogP contribution < -0.4 is 10.9 Å². The number of nitrogens with two attached hydrogens (primary N) is 2. The Hall–Kier alpha value is -1.34. The Kier molecular flexibility index (Phi) is 2.38. The van der Waals surface area contributed by atoms with Gasteiger partial charge in [-0.25, -0.2) is 13.6 Å². The second-order valence-corrected chi connectivity index (χ2v) is 4.33. The highest BCUT2D eigenvalue weighted by Gasteiger charge is 2.26.